The van der Waals surface area contributed by atoms with Crippen LogP contribution in [0.25, 0.3) is 0 Å². The van der Waals surface area contributed by atoms with Gasteiger partial charge in [-0.05, 0) is 58.8 Å². The van der Waals surface area contributed by atoms with Gasteiger partial charge >= 0.3 is 5.97 Å². The van der Waals surface area contributed by atoms with Gasteiger partial charge in [-0.25, -0.2) is 0 Å². The van der Waals surface area contributed by atoms with E-state index in [9.17, 15) is 20.1 Å². The molecule has 3 N–H and O–H groups in total. The fraction of sp³-hybridized carbons (Fsp3) is 0.485. The molecule has 0 spiro atoms. The number of esters is 1. The van der Waals surface area contributed by atoms with E-state index in [2.05, 4.69) is 0 Å². The number of phenols is 1. The number of methoxy groups -OCH3 is 2. The fourth-order valence-corrected chi connectivity index (χ4v) is 8.40. The quantitative estimate of drug-likeness (QED) is 0.334. The van der Waals surface area contributed by atoms with Crippen LogP contribution in [0.5, 0.6) is 28.7 Å². The Morgan fingerprint density at radius 3 is 2.37 bits per heavy atom. The summed E-state index contributed by atoms with van der Waals surface area (Å²) in [5.41, 5.74) is 2.17. The lowest BCUT2D eigenvalue weighted by molar-refractivity contribution is -0.297. The van der Waals surface area contributed by atoms with Crippen LogP contribution in [0.3, 0.4) is 0 Å². The lowest BCUT2D eigenvalue weighted by Crippen LogP contribution is -2.58. The number of cyclic esters (lactones) is 1. The van der Waals surface area contributed by atoms with Crippen LogP contribution < -0.4 is 18.9 Å². The standard InChI is InChI=1S/C33H34O12S/c1-38-21-6-14(7-22(39-2)27(21)34)25-16-9-19-20(43-13-42-19)10-17(16)31(18-12-40-32(37)26(18)25)44-23-8-15-11-41-33(24-4-3-5-46-24)45-30(15)29(36)28(23)35/h3-7,9-10,15,18,23,25-26,28-31,33-36H,8,11-13H2,1-2H3/t15-,18+,23-,25-,26+,28+,29-,30-,31-,33-/m1/s1. The molecule has 46 heavy (non-hydrogen) atoms. The lowest BCUT2D eigenvalue weighted by atomic mass is 9.66. The molecule has 8 rings (SSSR count). The minimum atomic E-state index is -1.25. The number of benzene rings is 2. The van der Waals surface area contributed by atoms with Gasteiger partial charge in [0.15, 0.2) is 29.3 Å². The molecule has 13 heteroatoms. The number of hydrogen-bond acceptors (Lipinski definition) is 13. The van der Waals surface area contributed by atoms with E-state index < -0.39 is 60.5 Å². The number of phenolic OH excluding ortho intramolecular Hbond substituents is 1. The van der Waals surface area contributed by atoms with Gasteiger partial charge in [0.25, 0.3) is 0 Å². The van der Waals surface area contributed by atoms with Crippen molar-refractivity contribution in [3.05, 3.63) is 63.3 Å². The van der Waals surface area contributed by atoms with Crippen LogP contribution >= 0.6 is 11.3 Å². The summed E-state index contributed by atoms with van der Waals surface area (Å²) in [6.07, 6.45) is -4.80. The van der Waals surface area contributed by atoms with Gasteiger partial charge in [0.1, 0.15) is 12.2 Å². The molecule has 2 aliphatic carbocycles. The van der Waals surface area contributed by atoms with E-state index >= 15 is 0 Å². The van der Waals surface area contributed by atoms with Crippen molar-refractivity contribution in [1.29, 1.82) is 0 Å². The summed E-state index contributed by atoms with van der Waals surface area (Å²) in [5, 5.41) is 35.3. The van der Waals surface area contributed by atoms with Gasteiger partial charge in [-0.2, -0.15) is 0 Å². The van der Waals surface area contributed by atoms with E-state index in [0.29, 0.717) is 30.1 Å². The molecule has 0 bridgehead atoms. The van der Waals surface area contributed by atoms with Gasteiger partial charge in [-0.1, -0.05) is 6.07 Å². The highest BCUT2D eigenvalue weighted by molar-refractivity contribution is 7.10. The monoisotopic (exact) mass is 654 g/mol. The number of rotatable bonds is 6. The molecule has 10 atom stereocenters. The van der Waals surface area contributed by atoms with Crippen LogP contribution in [-0.4, -0.2) is 79.9 Å². The molecule has 3 fully saturated rings. The number of carbonyl (C=O) groups excluding carboxylic acids is 1. The first-order valence-corrected chi connectivity index (χ1v) is 16.1. The molecule has 244 valence electrons. The first-order chi connectivity index (χ1) is 22.4. The molecule has 5 aliphatic rings. The molecule has 0 unspecified atom stereocenters. The number of aromatic hydroxyl groups is 1. The smallest absolute Gasteiger partial charge is 0.310 e. The van der Waals surface area contributed by atoms with E-state index in [4.69, 9.17) is 37.9 Å². The van der Waals surface area contributed by atoms with Gasteiger partial charge in [0, 0.05) is 17.8 Å². The van der Waals surface area contributed by atoms with Crippen molar-refractivity contribution >= 4 is 17.3 Å². The summed E-state index contributed by atoms with van der Waals surface area (Å²) in [6.45, 7) is 0.474. The maximum Gasteiger partial charge on any atom is 0.310 e. The van der Waals surface area contributed by atoms with Gasteiger partial charge < -0.3 is 53.2 Å². The molecule has 1 aromatic heterocycles. The predicted octanol–water partition coefficient (Wildman–Crippen LogP) is 3.42. The number of carbonyl (C=O) groups is 1. The maximum absolute atomic E-state index is 13.5. The number of thiophene rings is 1. The van der Waals surface area contributed by atoms with Crippen molar-refractivity contribution in [2.75, 3.05) is 34.2 Å². The zero-order valence-electron chi connectivity index (χ0n) is 25.1. The second-order valence-corrected chi connectivity index (χ2v) is 13.2. The van der Waals surface area contributed by atoms with E-state index in [0.717, 1.165) is 16.0 Å². The average molecular weight is 655 g/mol. The Balaban J connectivity index is 1.16. The Morgan fingerprint density at radius 1 is 0.935 bits per heavy atom. The highest BCUT2D eigenvalue weighted by Gasteiger charge is 2.55. The number of fused-ring (bicyclic) bond motifs is 4. The number of hydrogen-bond donors (Lipinski definition) is 3. The van der Waals surface area contributed by atoms with Crippen molar-refractivity contribution in [2.45, 2.75) is 49.1 Å². The molecule has 4 heterocycles. The van der Waals surface area contributed by atoms with Crippen molar-refractivity contribution in [3.63, 3.8) is 0 Å². The van der Waals surface area contributed by atoms with E-state index in [1.54, 1.807) is 12.1 Å². The second-order valence-electron chi connectivity index (χ2n) is 12.3. The van der Waals surface area contributed by atoms with Gasteiger partial charge in [0.2, 0.25) is 12.5 Å². The molecular formula is C33H34O12S. The molecule has 2 aromatic carbocycles. The average Bonchev–Trinajstić information content (AvgIpc) is 3.85. The van der Waals surface area contributed by atoms with Crippen molar-refractivity contribution < 1.29 is 58.0 Å². The largest absolute Gasteiger partial charge is 0.502 e. The highest BCUT2D eigenvalue weighted by atomic mass is 32.1. The zero-order valence-corrected chi connectivity index (χ0v) is 25.9. The highest BCUT2D eigenvalue weighted by Crippen LogP contribution is 2.57. The third-order valence-corrected chi connectivity index (χ3v) is 10.8. The van der Waals surface area contributed by atoms with E-state index in [1.807, 2.05) is 29.6 Å². The SMILES string of the molecule is COc1cc([C@@H]2c3cc4c(cc3[C@@H](O[C@@H]3C[C@@H]5CO[C@@H](c6cccs6)O[C@H]5[C@H](O)[C@H]3O)[C@H]3COC(=O)[C@H]23)OCO4)cc(OC)c1O. The van der Waals surface area contributed by atoms with Gasteiger partial charge in [0.05, 0.1) is 56.5 Å². The van der Waals surface area contributed by atoms with Crippen molar-refractivity contribution in [3.8, 4) is 28.7 Å². The normalized spacial score (nSPS) is 34.3. The number of aliphatic hydroxyl groups excluding tert-OH is 2. The molecule has 2 saturated heterocycles. The molecule has 12 nitrogen and oxygen atoms in total. The van der Waals surface area contributed by atoms with Crippen LogP contribution in [0.2, 0.25) is 0 Å². The summed E-state index contributed by atoms with van der Waals surface area (Å²) in [6, 6.07) is 10.9. The van der Waals surface area contributed by atoms with Crippen LogP contribution in [0, 0.1) is 17.8 Å². The van der Waals surface area contributed by atoms with Crippen LogP contribution in [0.4, 0.5) is 0 Å². The first-order valence-electron chi connectivity index (χ1n) is 15.2. The molecule has 0 radical (unpaired) electrons. The summed E-state index contributed by atoms with van der Waals surface area (Å²) in [7, 11) is 2.89. The Hall–Kier alpha value is -3.59. The molecular weight excluding hydrogens is 620 g/mol. The van der Waals surface area contributed by atoms with Gasteiger partial charge in [-0.3, -0.25) is 4.79 Å². The third-order valence-electron chi connectivity index (χ3n) is 9.89. The number of ether oxygens (including phenoxy) is 8. The third kappa shape index (κ3) is 4.71. The Bertz CT molecular complexity index is 1600. The maximum atomic E-state index is 13.5. The van der Waals surface area contributed by atoms with E-state index in [1.165, 1.54) is 25.6 Å². The topological polar surface area (TPSA) is 152 Å². The second kappa shape index (κ2) is 11.6. The van der Waals surface area contributed by atoms with Crippen LogP contribution in [0.15, 0.2) is 41.8 Å². The Morgan fingerprint density at radius 2 is 1.67 bits per heavy atom. The van der Waals surface area contributed by atoms with Crippen LogP contribution in [-0.2, 0) is 23.7 Å². The Labute approximate surface area is 268 Å². The van der Waals surface area contributed by atoms with Gasteiger partial charge in [-0.15, -0.1) is 11.3 Å². The summed E-state index contributed by atoms with van der Waals surface area (Å²) >= 11 is 1.50. The Kier molecular flexibility index (Phi) is 7.50. The molecule has 3 aliphatic heterocycles. The lowest BCUT2D eigenvalue weighted by Gasteiger charge is -2.48. The number of aliphatic hydroxyl groups is 2. The van der Waals surface area contributed by atoms with Crippen molar-refractivity contribution in [2.24, 2.45) is 17.8 Å². The zero-order chi connectivity index (χ0) is 31.7. The predicted molar refractivity (Wildman–Crippen MR) is 159 cm³/mol. The summed E-state index contributed by atoms with van der Waals surface area (Å²) in [5.74, 6) is -0.960. The summed E-state index contributed by atoms with van der Waals surface area (Å²) in [4.78, 5) is 14.4. The minimum Gasteiger partial charge on any atom is -0.502 e. The fourth-order valence-electron chi connectivity index (χ4n) is 7.69. The molecule has 1 saturated carbocycles. The summed E-state index contributed by atoms with van der Waals surface area (Å²) < 4.78 is 47.0. The van der Waals surface area contributed by atoms with Crippen LogP contribution in [0.1, 0.15) is 46.3 Å². The first kappa shape index (κ1) is 29.8. The van der Waals surface area contributed by atoms with Crippen molar-refractivity contribution in [1.82, 2.24) is 0 Å². The minimum absolute atomic E-state index is 0.0488. The molecule has 3 aromatic rings. The molecule has 0 amide bonds. The van der Waals surface area contributed by atoms with E-state index in [-0.39, 0.29) is 36.6 Å².